The van der Waals surface area contributed by atoms with Crippen LogP contribution in [0.3, 0.4) is 0 Å². The van der Waals surface area contributed by atoms with E-state index in [9.17, 15) is 14.9 Å². The van der Waals surface area contributed by atoms with Crippen molar-refractivity contribution in [3.05, 3.63) is 32.5 Å². The number of anilines is 1. The van der Waals surface area contributed by atoms with Crippen LogP contribution < -0.4 is 10.2 Å². The molecule has 2 aliphatic heterocycles. The Labute approximate surface area is 250 Å². The number of morpholine rings is 1. The zero-order chi connectivity index (χ0) is 28.1. The molecule has 39 heavy (non-hydrogen) atoms. The van der Waals surface area contributed by atoms with Crippen molar-refractivity contribution in [2.45, 2.75) is 42.9 Å². The molecule has 0 radical (unpaired) electrons. The topological polar surface area (TPSA) is 133 Å². The number of alkyl halides is 1. The molecule has 2 aromatic heterocycles. The van der Waals surface area contributed by atoms with E-state index in [2.05, 4.69) is 39.0 Å². The van der Waals surface area contributed by atoms with Gasteiger partial charge in [0, 0.05) is 49.0 Å². The first-order valence-electron chi connectivity index (χ1n) is 12.7. The number of aromatic nitrogens is 2. The van der Waals surface area contributed by atoms with E-state index in [0.29, 0.717) is 76.7 Å². The van der Waals surface area contributed by atoms with E-state index in [0.717, 1.165) is 11.3 Å². The number of H-pyrrole nitrogens is 1. The van der Waals surface area contributed by atoms with Gasteiger partial charge in [0.2, 0.25) is 0 Å². The van der Waals surface area contributed by atoms with Gasteiger partial charge in [0.1, 0.15) is 22.3 Å². The van der Waals surface area contributed by atoms with Crippen LogP contribution >= 0.6 is 45.5 Å². The van der Waals surface area contributed by atoms with Gasteiger partial charge in [0.25, 0.3) is 5.91 Å². The molecule has 2 aliphatic rings. The Balaban J connectivity index is 1.53. The monoisotopic (exact) mass is 690 g/mol. The maximum atomic E-state index is 13.1. The normalized spacial score (nSPS) is 20.9. The SMILES string of the molecule is CCOC(=O)c1sc(N2CCC(NC(=O)c3[nH]c(C)c(CI)c3Cl)C(OC)C2)nc1C(C#N)N1CCOCC1. The van der Waals surface area contributed by atoms with Crippen molar-refractivity contribution >= 4 is 62.5 Å². The summed E-state index contributed by atoms with van der Waals surface area (Å²) in [5.74, 6) is -0.762. The lowest BCUT2D eigenvalue weighted by Gasteiger charge is -2.38. The predicted octanol–water partition coefficient (Wildman–Crippen LogP) is 3.47. The molecule has 2 aromatic rings. The van der Waals surface area contributed by atoms with Gasteiger partial charge in [-0.3, -0.25) is 9.69 Å². The third-order valence-corrected chi connectivity index (χ3v) is 9.25. The van der Waals surface area contributed by atoms with Gasteiger partial charge >= 0.3 is 5.97 Å². The Morgan fingerprint density at radius 1 is 1.38 bits per heavy atom. The van der Waals surface area contributed by atoms with Crippen molar-refractivity contribution in [1.29, 1.82) is 5.26 Å². The third kappa shape index (κ3) is 6.52. The zero-order valence-corrected chi connectivity index (χ0v) is 25.8. The number of nitriles is 1. The highest BCUT2D eigenvalue weighted by Gasteiger charge is 2.36. The number of hydrogen-bond acceptors (Lipinski definition) is 10. The molecule has 0 spiro atoms. The number of ether oxygens (including phenoxy) is 3. The summed E-state index contributed by atoms with van der Waals surface area (Å²) in [7, 11) is 1.61. The molecular weight excluding hydrogens is 659 g/mol. The summed E-state index contributed by atoms with van der Waals surface area (Å²) in [6.45, 7) is 7.08. The largest absolute Gasteiger partial charge is 0.462 e. The van der Waals surface area contributed by atoms with E-state index >= 15 is 0 Å². The maximum Gasteiger partial charge on any atom is 0.350 e. The number of nitrogens with zero attached hydrogens (tertiary/aromatic N) is 4. The lowest BCUT2D eigenvalue weighted by atomic mass is 10.0. The number of carbonyl (C=O) groups is 2. The van der Waals surface area contributed by atoms with Crippen LogP contribution in [0.2, 0.25) is 5.02 Å². The molecule has 0 bridgehead atoms. The summed E-state index contributed by atoms with van der Waals surface area (Å²) in [5, 5.41) is 14.2. The Hall–Kier alpha value is -1.96. The molecule has 4 rings (SSSR count). The lowest BCUT2D eigenvalue weighted by Crippen LogP contribution is -2.55. The zero-order valence-electron chi connectivity index (χ0n) is 22.1. The second kappa shape index (κ2) is 13.6. The molecule has 4 heterocycles. The number of methoxy groups -OCH3 is 1. The first-order chi connectivity index (χ1) is 18.8. The quantitative estimate of drug-likeness (QED) is 0.231. The summed E-state index contributed by atoms with van der Waals surface area (Å²) in [4.78, 5) is 38.2. The number of piperidine rings is 1. The summed E-state index contributed by atoms with van der Waals surface area (Å²) in [6.07, 6.45) is 0.265. The molecule has 14 heteroatoms. The minimum Gasteiger partial charge on any atom is -0.462 e. The van der Waals surface area contributed by atoms with Gasteiger partial charge in [-0.05, 0) is 20.3 Å². The van der Waals surface area contributed by atoms with Crippen LogP contribution in [0, 0.1) is 18.3 Å². The number of aryl methyl sites for hydroxylation is 1. The van der Waals surface area contributed by atoms with E-state index in [1.165, 1.54) is 11.3 Å². The number of thiazole rings is 1. The fraction of sp³-hybridized carbons (Fsp3) is 0.600. The van der Waals surface area contributed by atoms with Crippen molar-refractivity contribution in [2.75, 3.05) is 58.0 Å². The van der Waals surface area contributed by atoms with Gasteiger partial charge < -0.3 is 29.4 Å². The molecule has 0 aromatic carbocycles. The standard InChI is InChI=1S/C25H32ClIN6O5S/c1-4-38-24(35)22-20(17(12-28)32-7-9-37-10-8-32)31-25(39-22)33-6-5-16(18(13-33)36-3)30-23(34)21-19(26)15(11-27)14(2)29-21/h16-18,29H,4-11,13H2,1-3H3,(H,30,34). The number of carbonyl (C=O) groups excluding carboxylic acids is 2. The average Bonchev–Trinajstić information content (AvgIpc) is 3.50. The number of rotatable bonds is 9. The van der Waals surface area contributed by atoms with Crippen LogP contribution in [0.15, 0.2) is 0 Å². The van der Waals surface area contributed by atoms with E-state index in [-0.39, 0.29) is 24.7 Å². The van der Waals surface area contributed by atoms with E-state index < -0.39 is 12.0 Å². The number of amides is 1. The molecule has 3 atom stereocenters. The molecule has 3 unspecified atom stereocenters. The number of halogens is 2. The number of nitrogens with one attached hydrogen (secondary N) is 2. The highest BCUT2D eigenvalue weighted by molar-refractivity contribution is 14.1. The third-order valence-electron chi connectivity index (χ3n) is 6.95. The first-order valence-corrected chi connectivity index (χ1v) is 15.5. The summed E-state index contributed by atoms with van der Waals surface area (Å²) >= 11 is 9.90. The Kier molecular flexibility index (Phi) is 10.5. The van der Waals surface area contributed by atoms with E-state index in [4.69, 9.17) is 30.8 Å². The summed E-state index contributed by atoms with van der Waals surface area (Å²) in [6, 6.07) is 1.39. The van der Waals surface area contributed by atoms with Crippen LogP contribution in [0.5, 0.6) is 0 Å². The second-order valence-corrected chi connectivity index (χ2v) is 11.4. The van der Waals surface area contributed by atoms with E-state index in [1.54, 1.807) is 14.0 Å². The van der Waals surface area contributed by atoms with Gasteiger partial charge in [-0.15, -0.1) is 0 Å². The maximum absolute atomic E-state index is 13.1. The molecule has 11 nitrogen and oxygen atoms in total. The molecule has 0 saturated carbocycles. The van der Waals surface area contributed by atoms with Crippen LogP contribution in [-0.4, -0.2) is 92.0 Å². The smallest absolute Gasteiger partial charge is 0.350 e. The molecule has 2 fully saturated rings. The minimum atomic E-state index is -0.685. The van der Waals surface area contributed by atoms with Gasteiger partial charge in [-0.2, -0.15) is 5.26 Å². The van der Waals surface area contributed by atoms with Crippen LogP contribution in [0.4, 0.5) is 5.13 Å². The van der Waals surface area contributed by atoms with Crippen LogP contribution in [0.1, 0.15) is 56.5 Å². The van der Waals surface area contributed by atoms with Gasteiger partial charge in [0.15, 0.2) is 5.13 Å². The lowest BCUT2D eigenvalue weighted by molar-refractivity contribution is 0.0256. The predicted molar refractivity (Wildman–Crippen MR) is 156 cm³/mol. The van der Waals surface area contributed by atoms with Crippen molar-refractivity contribution < 1.29 is 23.8 Å². The number of hydrogen-bond donors (Lipinski definition) is 2. The highest BCUT2D eigenvalue weighted by atomic mass is 127. The second-order valence-electron chi connectivity index (χ2n) is 9.25. The molecule has 212 valence electrons. The molecule has 2 N–H and O–H groups in total. The fourth-order valence-electron chi connectivity index (χ4n) is 4.82. The minimum absolute atomic E-state index is 0.223. The van der Waals surface area contributed by atoms with Crippen molar-refractivity contribution in [3.63, 3.8) is 0 Å². The first kappa shape index (κ1) is 30.0. The summed E-state index contributed by atoms with van der Waals surface area (Å²) < 4.78 is 17.2. The van der Waals surface area contributed by atoms with Crippen LogP contribution in [0.25, 0.3) is 0 Å². The molecule has 1 amide bonds. The number of esters is 1. The molecule has 2 saturated heterocycles. The van der Waals surface area contributed by atoms with E-state index in [1.807, 2.05) is 16.7 Å². The molecular formula is C25H32ClIN6O5S. The number of aromatic amines is 1. The van der Waals surface area contributed by atoms with Gasteiger partial charge in [0.05, 0.1) is 43.1 Å². The summed E-state index contributed by atoms with van der Waals surface area (Å²) in [5.41, 5.74) is 2.56. The Morgan fingerprint density at radius 2 is 2.13 bits per heavy atom. The van der Waals surface area contributed by atoms with Crippen molar-refractivity contribution in [3.8, 4) is 6.07 Å². The highest BCUT2D eigenvalue weighted by Crippen LogP contribution is 2.35. The fourth-order valence-corrected chi connectivity index (χ4v) is 7.36. The Morgan fingerprint density at radius 3 is 2.74 bits per heavy atom. The van der Waals surface area contributed by atoms with Crippen molar-refractivity contribution in [2.24, 2.45) is 0 Å². The average molecular weight is 691 g/mol. The van der Waals surface area contributed by atoms with Gasteiger partial charge in [-0.25, -0.2) is 9.78 Å². The van der Waals surface area contributed by atoms with Crippen molar-refractivity contribution in [1.82, 2.24) is 20.2 Å². The Bertz CT molecular complexity index is 1230. The molecule has 0 aliphatic carbocycles. The van der Waals surface area contributed by atoms with Gasteiger partial charge in [-0.1, -0.05) is 45.5 Å². The van der Waals surface area contributed by atoms with Crippen LogP contribution in [-0.2, 0) is 18.6 Å².